The summed E-state index contributed by atoms with van der Waals surface area (Å²) in [6, 6.07) is 9.97. The molecule has 0 fully saturated rings. The molecule has 0 aliphatic carbocycles. The van der Waals surface area contributed by atoms with Crippen LogP contribution >= 0.6 is 0 Å². The zero-order valence-corrected chi connectivity index (χ0v) is 12.2. The number of benzene rings is 1. The average molecular weight is 273 g/mol. The van der Waals surface area contributed by atoms with Gasteiger partial charge in [0.05, 0.1) is 0 Å². The third kappa shape index (κ3) is 3.64. The molecular weight excluding hydrogens is 254 g/mol. The van der Waals surface area contributed by atoms with Crippen LogP contribution in [-0.4, -0.2) is 36.1 Å². The second-order valence-corrected chi connectivity index (χ2v) is 4.63. The molecule has 2 rings (SSSR count). The van der Waals surface area contributed by atoms with Gasteiger partial charge in [0.2, 0.25) is 5.95 Å². The maximum absolute atomic E-state index is 5.67. The van der Waals surface area contributed by atoms with Crippen molar-refractivity contribution >= 4 is 11.9 Å². The Kier molecular flexibility index (Phi) is 4.47. The van der Waals surface area contributed by atoms with Crippen molar-refractivity contribution in [2.45, 2.75) is 13.5 Å². The van der Waals surface area contributed by atoms with Gasteiger partial charge < -0.3 is 4.90 Å². The summed E-state index contributed by atoms with van der Waals surface area (Å²) in [4.78, 5) is 20.4. The van der Waals surface area contributed by atoms with Gasteiger partial charge in [-0.05, 0) is 12.5 Å². The van der Waals surface area contributed by atoms with E-state index in [2.05, 4.69) is 15.0 Å². The normalized spacial score (nSPS) is 10.4. The van der Waals surface area contributed by atoms with Crippen LogP contribution in [-0.2, 0) is 11.4 Å². The lowest BCUT2D eigenvalue weighted by Crippen LogP contribution is -2.23. The molecule has 6 nitrogen and oxygen atoms in total. The number of hydrogen-bond acceptors (Lipinski definition) is 6. The van der Waals surface area contributed by atoms with Crippen molar-refractivity contribution in [3.8, 4) is 0 Å². The van der Waals surface area contributed by atoms with Crippen molar-refractivity contribution in [1.82, 2.24) is 15.0 Å². The van der Waals surface area contributed by atoms with Crippen molar-refractivity contribution in [1.29, 1.82) is 0 Å². The molecule has 0 N–H and O–H groups in total. The highest BCUT2D eigenvalue weighted by Crippen LogP contribution is 2.12. The zero-order valence-electron chi connectivity index (χ0n) is 12.2. The molecule has 0 aliphatic rings. The van der Waals surface area contributed by atoms with Crippen molar-refractivity contribution in [2.24, 2.45) is 0 Å². The Morgan fingerprint density at radius 1 is 0.950 bits per heavy atom. The molecule has 20 heavy (non-hydrogen) atoms. The summed E-state index contributed by atoms with van der Waals surface area (Å²) < 4.78 is 0. The van der Waals surface area contributed by atoms with E-state index in [1.165, 1.54) is 0 Å². The van der Waals surface area contributed by atoms with Gasteiger partial charge in [0.1, 0.15) is 12.4 Å². The Morgan fingerprint density at radius 3 is 2.25 bits per heavy atom. The number of aryl methyl sites for hydroxylation is 1. The first-order valence-electron chi connectivity index (χ1n) is 6.37. The smallest absolute Gasteiger partial charge is 0.254 e. The summed E-state index contributed by atoms with van der Waals surface area (Å²) in [5, 5.41) is 1.56. The molecule has 1 aromatic carbocycles. The highest BCUT2D eigenvalue weighted by molar-refractivity contribution is 5.35. The van der Waals surface area contributed by atoms with Crippen LogP contribution in [0.5, 0.6) is 0 Å². The summed E-state index contributed by atoms with van der Waals surface area (Å²) in [5.41, 5.74) is 1.10. The van der Waals surface area contributed by atoms with Crippen molar-refractivity contribution in [3.05, 3.63) is 41.7 Å². The van der Waals surface area contributed by atoms with Crippen molar-refractivity contribution in [3.63, 3.8) is 0 Å². The van der Waals surface area contributed by atoms with Gasteiger partial charge in [0.15, 0.2) is 0 Å². The molecule has 1 heterocycles. The lowest BCUT2D eigenvalue weighted by atomic mass is 10.2. The summed E-state index contributed by atoms with van der Waals surface area (Å²) in [7, 11) is 5.57. The van der Waals surface area contributed by atoms with Gasteiger partial charge in [-0.1, -0.05) is 30.3 Å². The first-order chi connectivity index (χ1) is 9.56. The van der Waals surface area contributed by atoms with Gasteiger partial charge in [-0.25, -0.2) is 5.06 Å². The first-order valence-corrected chi connectivity index (χ1v) is 6.37. The highest BCUT2D eigenvalue weighted by atomic mass is 16.7. The quantitative estimate of drug-likeness (QED) is 0.774. The molecule has 6 heteroatoms. The van der Waals surface area contributed by atoms with Crippen LogP contribution in [0.1, 0.15) is 11.4 Å². The molecule has 0 aliphatic heterocycles. The summed E-state index contributed by atoms with van der Waals surface area (Å²) >= 11 is 0. The molecule has 0 saturated heterocycles. The van der Waals surface area contributed by atoms with E-state index in [1.807, 2.05) is 56.3 Å². The Labute approximate surface area is 119 Å². The number of aromatic nitrogens is 3. The van der Waals surface area contributed by atoms with E-state index in [1.54, 1.807) is 12.1 Å². The third-order valence-corrected chi connectivity index (χ3v) is 2.67. The van der Waals surface area contributed by atoms with E-state index in [4.69, 9.17) is 4.84 Å². The minimum Gasteiger partial charge on any atom is -0.347 e. The zero-order chi connectivity index (χ0) is 14.5. The lowest BCUT2D eigenvalue weighted by Gasteiger charge is -2.19. The van der Waals surface area contributed by atoms with E-state index < -0.39 is 0 Å². The van der Waals surface area contributed by atoms with E-state index in [9.17, 15) is 0 Å². The van der Waals surface area contributed by atoms with E-state index >= 15 is 0 Å². The molecule has 0 bridgehead atoms. The third-order valence-electron chi connectivity index (χ3n) is 2.67. The van der Waals surface area contributed by atoms with Crippen LogP contribution in [0.25, 0.3) is 0 Å². The SMILES string of the molecule is Cc1nc(N(C)C)nc(N(C)OCc2ccccc2)n1. The molecule has 0 spiro atoms. The monoisotopic (exact) mass is 273 g/mol. The molecule has 0 atom stereocenters. The number of hydroxylamine groups is 1. The second-order valence-electron chi connectivity index (χ2n) is 4.63. The summed E-state index contributed by atoms with van der Waals surface area (Å²) in [6.07, 6.45) is 0. The van der Waals surface area contributed by atoms with Crippen LogP contribution in [0.2, 0.25) is 0 Å². The van der Waals surface area contributed by atoms with Gasteiger partial charge in [-0.15, -0.1) is 0 Å². The molecule has 0 radical (unpaired) electrons. The Hall–Kier alpha value is -2.21. The Morgan fingerprint density at radius 2 is 1.60 bits per heavy atom. The topological polar surface area (TPSA) is 54.4 Å². The second kappa shape index (κ2) is 6.29. The van der Waals surface area contributed by atoms with E-state index in [0.717, 1.165) is 5.56 Å². The fourth-order valence-electron chi connectivity index (χ4n) is 1.60. The standard InChI is InChI=1S/C14H19N5O/c1-11-15-13(18(2)3)17-14(16-11)19(4)20-10-12-8-6-5-7-9-12/h5-9H,10H2,1-4H3. The van der Waals surface area contributed by atoms with Crippen LogP contribution in [0.4, 0.5) is 11.9 Å². The molecule has 0 saturated carbocycles. The molecule has 0 unspecified atom stereocenters. The fourth-order valence-corrected chi connectivity index (χ4v) is 1.60. The fraction of sp³-hybridized carbons (Fsp3) is 0.357. The van der Waals surface area contributed by atoms with Crippen LogP contribution in [0.15, 0.2) is 30.3 Å². The van der Waals surface area contributed by atoms with Gasteiger partial charge in [-0.2, -0.15) is 15.0 Å². The maximum Gasteiger partial charge on any atom is 0.254 e. The van der Waals surface area contributed by atoms with Crippen molar-refractivity contribution in [2.75, 3.05) is 31.1 Å². The first kappa shape index (κ1) is 14.2. The minimum absolute atomic E-state index is 0.472. The lowest BCUT2D eigenvalue weighted by molar-refractivity contribution is 0.104. The molecule has 1 aromatic heterocycles. The van der Waals surface area contributed by atoms with Gasteiger partial charge in [0.25, 0.3) is 5.95 Å². The van der Waals surface area contributed by atoms with Gasteiger partial charge in [0, 0.05) is 21.1 Å². The minimum atomic E-state index is 0.472. The van der Waals surface area contributed by atoms with Gasteiger partial charge >= 0.3 is 0 Å². The molecule has 0 amide bonds. The molecular formula is C14H19N5O. The maximum atomic E-state index is 5.67. The molecule has 106 valence electrons. The van der Waals surface area contributed by atoms with Crippen LogP contribution < -0.4 is 9.96 Å². The predicted molar refractivity (Wildman–Crippen MR) is 78.5 cm³/mol. The van der Waals surface area contributed by atoms with E-state index in [-0.39, 0.29) is 0 Å². The predicted octanol–water partition coefficient (Wildman–Crippen LogP) is 1.81. The summed E-state index contributed by atoms with van der Waals surface area (Å²) in [5.74, 6) is 1.77. The highest BCUT2D eigenvalue weighted by Gasteiger charge is 2.10. The van der Waals surface area contributed by atoms with E-state index in [0.29, 0.717) is 24.3 Å². The number of rotatable bonds is 5. The Bertz CT molecular complexity index is 559. The van der Waals surface area contributed by atoms with Gasteiger partial charge in [-0.3, -0.25) is 4.84 Å². The van der Waals surface area contributed by atoms with Crippen molar-refractivity contribution < 1.29 is 4.84 Å². The average Bonchev–Trinajstić information content (AvgIpc) is 2.45. The Balaban J connectivity index is 2.07. The number of nitrogens with zero attached hydrogens (tertiary/aromatic N) is 5. The van der Waals surface area contributed by atoms with Crippen LogP contribution in [0.3, 0.4) is 0 Å². The largest absolute Gasteiger partial charge is 0.347 e. The van der Waals surface area contributed by atoms with Crippen LogP contribution in [0, 0.1) is 6.92 Å². The number of hydrogen-bond donors (Lipinski definition) is 0. The summed E-state index contributed by atoms with van der Waals surface area (Å²) in [6.45, 7) is 2.31. The number of anilines is 2. The molecule has 2 aromatic rings.